The first-order chi connectivity index (χ1) is 13.3. The zero-order valence-electron chi connectivity index (χ0n) is 15.8. The van der Waals surface area contributed by atoms with Crippen molar-refractivity contribution in [1.29, 1.82) is 0 Å². The molecule has 0 aliphatic carbocycles. The summed E-state index contributed by atoms with van der Waals surface area (Å²) in [5, 5.41) is 15.0. The molecule has 0 unspecified atom stereocenters. The quantitative estimate of drug-likeness (QED) is 0.473. The molecule has 3 aromatic rings. The van der Waals surface area contributed by atoms with Crippen molar-refractivity contribution < 1.29 is 14.2 Å². The minimum atomic E-state index is -0.525. The summed E-state index contributed by atoms with van der Waals surface area (Å²) >= 11 is 0. The van der Waals surface area contributed by atoms with Crippen LogP contribution in [0.4, 0.5) is 5.69 Å². The molecule has 1 aromatic heterocycles. The third kappa shape index (κ3) is 4.22. The Balaban J connectivity index is 1.83. The predicted octanol–water partition coefficient (Wildman–Crippen LogP) is 4.00. The Morgan fingerprint density at radius 2 is 1.96 bits per heavy atom. The fourth-order valence-electron chi connectivity index (χ4n) is 2.77. The Hall–Kier alpha value is -3.55. The van der Waals surface area contributed by atoms with Crippen molar-refractivity contribution in [2.24, 2.45) is 0 Å². The van der Waals surface area contributed by atoms with Crippen LogP contribution < -0.4 is 0 Å². The first-order valence-corrected chi connectivity index (χ1v) is 8.80. The van der Waals surface area contributed by atoms with Gasteiger partial charge in [-0.3, -0.25) is 14.9 Å². The van der Waals surface area contributed by atoms with E-state index in [4.69, 9.17) is 4.52 Å². The predicted molar refractivity (Wildman–Crippen MR) is 103 cm³/mol. The van der Waals surface area contributed by atoms with E-state index in [1.807, 2.05) is 45.0 Å². The first-order valence-electron chi connectivity index (χ1n) is 8.80. The molecule has 8 nitrogen and oxygen atoms in total. The number of carbonyl (C=O) groups is 1. The van der Waals surface area contributed by atoms with Crippen molar-refractivity contribution in [1.82, 2.24) is 15.0 Å². The van der Waals surface area contributed by atoms with Gasteiger partial charge < -0.3 is 9.42 Å². The molecule has 0 spiro atoms. The van der Waals surface area contributed by atoms with Gasteiger partial charge in [-0.1, -0.05) is 35.0 Å². The Kier molecular flexibility index (Phi) is 5.49. The molecule has 0 saturated carbocycles. The Bertz CT molecular complexity index is 1010. The van der Waals surface area contributed by atoms with Crippen molar-refractivity contribution >= 4 is 11.6 Å². The smallest absolute Gasteiger partial charge is 0.270 e. The van der Waals surface area contributed by atoms with Crippen LogP contribution in [0.15, 0.2) is 53.1 Å². The summed E-state index contributed by atoms with van der Waals surface area (Å²) < 4.78 is 5.32. The summed E-state index contributed by atoms with van der Waals surface area (Å²) in [4.78, 5) is 29.3. The van der Waals surface area contributed by atoms with Crippen LogP contribution in [0.3, 0.4) is 0 Å². The van der Waals surface area contributed by atoms with Gasteiger partial charge in [0.25, 0.3) is 11.6 Å². The van der Waals surface area contributed by atoms with Gasteiger partial charge in [0.1, 0.15) is 6.54 Å². The highest BCUT2D eigenvalue weighted by Crippen LogP contribution is 2.20. The second-order valence-corrected chi connectivity index (χ2v) is 6.72. The number of rotatable bonds is 6. The van der Waals surface area contributed by atoms with Gasteiger partial charge in [-0.25, -0.2) is 0 Å². The van der Waals surface area contributed by atoms with Gasteiger partial charge in [0, 0.05) is 29.3 Å². The van der Waals surface area contributed by atoms with Crippen LogP contribution >= 0.6 is 0 Å². The molecule has 0 fully saturated rings. The Morgan fingerprint density at radius 1 is 1.21 bits per heavy atom. The number of aromatic nitrogens is 2. The number of carbonyl (C=O) groups excluding carboxylic acids is 1. The highest BCUT2D eigenvalue weighted by Gasteiger charge is 2.23. The van der Waals surface area contributed by atoms with Crippen molar-refractivity contribution in [3.8, 4) is 11.4 Å². The summed E-state index contributed by atoms with van der Waals surface area (Å²) in [5.74, 6) is 0.406. The molecule has 0 atom stereocenters. The third-order valence-electron chi connectivity index (χ3n) is 4.24. The van der Waals surface area contributed by atoms with Crippen LogP contribution in [0.2, 0.25) is 0 Å². The van der Waals surface area contributed by atoms with Crippen molar-refractivity contribution in [2.75, 3.05) is 0 Å². The van der Waals surface area contributed by atoms with E-state index in [2.05, 4.69) is 10.1 Å². The van der Waals surface area contributed by atoms with Crippen LogP contribution in [0.5, 0.6) is 0 Å². The Morgan fingerprint density at radius 3 is 2.64 bits per heavy atom. The summed E-state index contributed by atoms with van der Waals surface area (Å²) in [6.07, 6.45) is 0. The number of amides is 1. The van der Waals surface area contributed by atoms with Gasteiger partial charge >= 0.3 is 0 Å². The number of nitro benzene ring substituents is 1. The normalized spacial score (nSPS) is 10.9. The molecule has 0 saturated heterocycles. The van der Waals surface area contributed by atoms with E-state index in [9.17, 15) is 14.9 Å². The lowest BCUT2D eigenvalue weighted by Crippen LogP contribution is -2.36. The zero-order chi connectivity index (χ0) is 20.3. The van der Waals surface area contributed by atoms with E-state index in [1.165, 1.54) is 23.1 Å². The molecule has 1 amide bonds. The number of aryl methyl sites for hydroxylation is 1. The molecular formula is C20H20N4O4. The van der Waals surface area contributed by atoms with Gasteiger partial charge in [-0.05, 0) is 32.9 Å². The van der Waals surface area contributed by atoms with Crippen molar-refractivity contribution in [3.63, 3.8) is 0 Å². The maximum absolute atomic E-state index is 12.9. The van der Waals surface area contributed by atoms with Crippen LogP contribution in [-0.4, -0.2) is 31.9 Å². The molecule has 28 heavy (non-hydrogen) atoms. The Labute approximate surface area is 161 Å². The number of nitrogens with zero attached hydrogens (tertiary/aromatic N) is 4. The third-order valence-corrected chi connectivity index (χ3v) is 4.24. The minimum absolute atomic E-state index is 0.109. The van der Waals surface area contributed by atoms with E-state index < -0.39 is 4.92 Å². The average Bonchev–Trinajstić information content (AvgIpc) is 3.14. The topological polar surface area (TPSA) is 102 Å². The van der Waals surface area contributed by atoms with E-state index >= 15 is 0 Å². The van der Waals surface area contributed by atoms with Gasteiger partial charge in [-0.2, -0.15) is 4.98 Å². The van der Waals surface area contributed by atoms with E-state index in [1.54, 1.807) is 6.07 Å². The van der Waals surface area contributed by atoms with Gasteiger partial charge in [0.15, 0.2) is 0 Å². The first kappa shape index (κ1) is 19.2. The second kappa shape index (κ2) is 7.99. The summed E-state index contributed by atoms with van der Waals surface area (Å²) in [5.41, 5.74) is 2.01. The standard InChI is InChI=1S/C20H20N4O4/c1-13(2)23(20(25)16-8-5-9-17(11-16)24(26)27)12-18-21-19(22-28-18)15-7-4-6-14(3)10-15/h4-11,13H,12H2,1-3H3. The van der Waals surface area contributed by atoms with Crippen LogP contribution in [-0.2, 0) is 6.54 Å². The molecule has 2 aromatic carbocycles. The molecule has 8 heteroatoms. The largest absolute Gasteiger partial charge is 0.337 e. The molecule has 0 radical (unpaired) electrons. The van der Waals surface area contributed by atoms with Crippen molar-refractivity contribution in [2.45, 2.75) is 33.4 Å². The molecule has 144 valence electrons. The van der Waals surface area contributed by atoms with E-state index in [0.717, 1.165) is 11.1 Å². The highest BCUT2D eigenvalue weighted by atomic mass is 16.6. The maximum Gasteiger partial charge on any atom is 0.270 e. The molecule has 3 rings (SSSR count). The molecule has 0 N–H and O–H groups in total. The summed E-state index contributed by atoms with van der Waals surface area (Å²) in [7, 11) is 0. The monoisotopic (exact) mass is 380 g/mol. The van der Waals surface area contributed by atoms with Crippen LogP contribution in [0.25, 0.3) is 11.4 Å². The molecular weight excluding hydrogens is 360 g/mol. The maximum atomic E-state index is 12.9. The minimum Gasteiger partial charge on any atom is -0.337 e. The number of non-ortho nitro benzene ring substituents is 1. The second-order valence-electron chi connectivity index (χ2n) is 6.72. The molecule has 0 bridgehead atoms. The lowest BCUT2D eigenvalue weighted by molar-refractivity contribution is -0.384. The number of benzene rings is 2. The number of hydrogen-bond donors (Lipinski definition) is 0. The molecule has 0 aliphatic heterocycles. The van der Waals surface area contributed by atoms with Gasteiger partial charge in [-0.15, -0.1) is 0 Å². The number of nitro groups is 1. The average molecular weight is 380 g/mol. The fourth-order valence-corrected chi connectivity index (χ4v) is 2.77. The number of hydrogen-bond acceptors (Lipinski definition) is 6. The zero-order valence-corrected chi connectivity index (χ0v) is 15.8. The van der Waals surface area contributed by atoms with E-state index in [-0.39, 0.29) is 29.7 Å². The van der Waals surface area contributed by atoms with Crippen molar-refractivity contribution in [3.05, 3.63) is 75.7 Å². The lowest BCUT2D eigenvalue weighted by atomic mass is 10.1. The fraction of sp³-hybridized carbons (Fsp3) is 0.250. The van der Waals surface area contributed by atoms with Crippen LogP contribution in [0, 0.1) is 17.0 Å². The molecule has 0 aliphatic rings. The van der Waals surface area contributed by atoms with E-state index in [0.29, 0.717) is 11.7 Å². The lowest BCUT2D eigenvalue weighted by Gasteiger charge is -2.25. The summed E-state index contributed by atoms with van der Waals surface area (Å²) in [6, 6.07) is 13.2. The summed E-state index contributed by atoms with van der Waals surface area (Å²) in [6.45, 7) is 5.79. The molecule has 1 heterocycles. The van der Waals surface area contributed by atoms with Crippen LogP contribution in [0.1, 0.15) is 35.7 Å². The van der Waals surface area contributed by atoms with Gasteiger partial charge in [0.05, 0.1) is 4.92 Å². The highest BCUT2D eigenvalue weighted by molar-refractivity contribution is 5.95. The SMILES string of the molecule is Cc1cccc(-c2noc(CN(C(=O)c3cccc([N+](=O)[O-])c3)C(C)C)n2)c1. The van der Waals surface area contributed by atoms with Gasteiger partial charge in [0.2, 0.25) is 11.7 Å².